The maximum Gasteiger partial charge on any atom is 0.121 e. The first-order chi connectivity index (χ1) is 8.22. The van der Waals surface area contributed by atoms with Crippen LogP contribution in [0.2, 0.25) is 5.02 Å². The molecule has 1 aromatic carbocycles. The van der Waals surface area contributed by atoms with Crippen LogP contribution in [0.15, 0.2) is 24.3 Å². The van der Waals surface area contributed by atoms with Gasteiger partial charge in [-0.2, -0.15) is 0 Å². The summed E-state index contributed by atoms with van der Waals surface area (Å²) in [5.74, 6) is 0.909. The number of piperidine rings is 1. The molecule has 0 aliphatic carbocycles. The van der Waals surface area contributed by atoms with E-state index < -0.39 is 0 Å². The average Bonchev–Trinajstić information content (AvgIpc) is 2.52. The molecule has 3 heteroatoms. The zero-order valence-electron chi connectivity index (χ0n) is 10.1. The van der Waals surface area contributed by atoms with Crippen LogP contribution in [0.5, 0.6) is 5.75 Å². The first-order valence-electron chi connectivity index (χ1n) is 6.36. The van der Waals surface area contributed by atoms with Crippen molar-refractivity contribution in [1.29, 1.82) is 0 Å². The quantitative estimate of drug-likeness (QED) is 0.799. The van der Waals surface area contributed by atoms with E-state index in [4.69, 9.17) is 16.3 Å². The monoisotopic (exact) mass is 251 g/mol. The van der Waals surface area contributed by atoms with Gasteiger partial charge in [-0.15, -0.1) is 0 Å². The van der Waals surface area contributed by atoms with Gasteiger partial charge in [0, 0.05) is 17.1 Å². The van der Waals surface area contributed by atoms with Crippen LogP contribution in [0.1, 0.15) is 25.7 Å². The largest absolute Gasteiger partial charge is 0.490 e. The maximum atomic E-state index is 6.05. The number of fused-ring (bicyclic) bond motifs is 2. The van der Waals surface area contributed by atoms with E-state index in [1.165, 1.54) is 12.8 Å². The molecule has 0 radical (unpaired) electrons. The summed E-state index contributed by atoms with van der Waals surface area (Å²) in [4.78, 5) is 2.53. The normalized spacial score (nSPS) is 32.7. The van der Waals surface area contributed by atoms with E-state index in [0.29, 0.717) is 6.10 Å². The van der Waals surface area contributed by atoms with E-state index in [0.717, 1.165) is 35.7 Å². The molecule has 0 aromatic heterocycles. The summed E-state index contributed by atoms with van der Waals surface area (Å²) < 4.78 is 6.05. The Kier molecular flexibility index (Phi) is 3.01. The van der Waals surface area contributed by atoms with Gasteiger partial charge in [-0.05, 0) is 50.9 Å². The van der Waals surface area contributed by atoms with E-state index in [1.54, 1.807) is 0 Å². The molecule has 0 saturated carbocycles. The fraction of sp³-hybridized carbons (Fsp3) is 0.571. The van der Waals surface area contributed by atoms with Gasteiger partial charge in [0.05, 0.1) is 0 Å². The molecule has 3 rings (SSSR count). The van der Waals surface area contributed by atoms with Crippen molar-refractivity contribution in [3.8, 4) is 5.75 Å². The molecule has 2 fully saturated rings. The second-order valence-electron chi connectivity index (χ2n) is 5.22. The Morgan fingerprint density at radius 2 is 1.94 bits per heavy atom. The molecular formula is C14H18ClNO. The minimum atomic E-state index is 0.363. The van der Waals surface area contributed by atoms with E-state index in [-0.39, 0.29) is 0 Å². The van der Waals surface area contributed by atoms with Gasteiger partial charge in [-0.1, -0.05) is 17.7 Å². The van der Waals surface area contributed by atoms with Gasteiger partial charge in [0.1, 0.15) is 11.9 Å². The van der Waals surface area contributed by atoms with Crippen molar-refractivity contribution < 1.29 is 4.74 Å². The van der Waals surface area contributed by atoms with Crippen LogP contribution in [-0.4, -0.2) is 30.1 Å². The summed E-state index contributed by atoms with van der Waals surface area (Å²) in [5.41, 5.74) is 0. The molecule has 1 aromatic rings. The van der Waals surface area contributed by atoms with Crippen molar-refractivity contribution >= 4 is 11.6 Å². The molecule has 0 unspecified atom stereocenters. The van der Waals surface area contributed by atoms with Crippen molar-refractivity contribution in [1.82, 2.24) is 4.90 Å². The lowest BCUT2D eigenvalue weighted by molar-refractivity contribution is 0.0662. The smallest absolute Gasteiger partial charge is 0.121 e. The zero-order valence-corrected chi connectivity index (χ0v) is 10.9. The van der Waals surface area contributed by atoms with Crippen LogP contribution in [0.4, 0.5) is 0 Å². The lowest BCUT2D eigenvalue weighted by Crippen LogP contribution is -2.43. The number of halogens is 1. The van der Waals surface area contributed by atoms with E-state index in [1.807, 2.05) is 24.3 Å². The highest BCUT2D eigenvalue weighted by Gasteiger charge is 2.39. The van der Waals surface area contributed by atoms with Gasteiger partial charge in [-0.25, -0.2) is 0 Å². The fourth-order valence-electron chi connectivity index (χ4n) is 3.19. The van der Waals surface area contributed by atoms with Crippen LogP contribution in [-0.2, 0) is 0 Å². The van der Waals surface area contributed by atoms with Crippen LogP contribution in [0.25, 0.3) is 0 Å². The van der Waals surface area contributed by atoms with Crippen LogP contribution in [0.3, 0.4) is 0 Å². The number of hydrogen-bond acceptors (Lipinski definition) is 2. The molecular weight excluding hydrogens is 234 g/mol. The number of nitrogens with zero attached hydrogens (tertiary/aromatic N) is 1. The topological polar surface area (TPSA) is 12.5 Å². The third-order valence-electron chi connectivity index (χ3n) is 4.15. The molecule has 0 N–H and O–H groups in total. The summed E-state index contributed by atoms with van der Waals surface area (Å²) in [6.45, 7) is 0. The average molecular weight is 252 g/mol. The van der Waals surface area contributed by atoms with Crippen LogP contribution >= 0.6 is 11.6 Å². The SMILES string of the molecule is CN1[C@@H]2CC[C@H]1C[C@H](Oc1cccc(Cl)c1)C2. The second-order valence-corrected chi connectivity index (χ2v) is 5.66. The first kappa shape index (κ1) is 11.4. The van der Waals surface area contributed by atoms with Crippen LogP contribution in [0, 0.1) is 0 Å². The second kappa shape index (κ2) is 4.51. The summed E-state index contributed by atoms with van der Waals surface area (Å²) in [6.07, 6.45) is 5.33. The van der Waals surface area contributed by atoms with Crippen molar-refractivity contribution in [3.05, 3.63) is 29.3 Å². The Labute approximate surface area is 108 Å². The highest BCUT2D eigenvalue weighted by molar-refractivity contribution is 6.30. The predicted octanol–water partition coefficient (Wildman–Crippen LogP) is 3.34. The van der Waals surface area contributed by atoms with Gasteiger partial charge >= 0.3 is 0 Å². The van der Waals surface area contributed by atoms with E-state index in [9.17, 15) is 0 Å². The lowest BCUT2D eigenvalue weighted by Gasteiger charge is -2.36. The molecule has 2 heterocycles. The zero-order chi connectivity index (χ0) is 11.8. The van der Waals surface area contributed by atoms with Gasteiger partial charge in [0.25, 0.3) is 0 Å². The molecule has 92 valence electrons. The lowest BCUT2D eigenvalue weighted by atomic mass is 10.0. The van der Waals surface area contributed by atoms with Gasteiger partial charge < -0.3 is 9.64 Å². The molecule has 2 aliphatic heterocycles. The molecule has 2 aliphatic rings. The number of rotatable bonds is 2. The van der Waals surface area contributed by atoms with Crippen molar-refractivity contribution in [2.75, 3.05) is 7.05 Å². The standard InChI is InChI=1S/C14H18ClNO/c1-16-11-5-6-12(16)9-14(8-11)17-13-4-2-3-10(15)7-13/h2-4,7,11-12,14H,5-6,8-9H2,1H3/t11-,12+,14-. The molecule has 0 amide bonds. The third-order valence-corrected chi connectivity index (χ3v) is 4.39. The highest BCUT2D eigenvalue weighted by atomic mass is 35.5. The van der Waals surface area contributed by atoms with Crippen molar-refractivity contribution in [2.24, 2.45) is 0 Å². The van der Waals surface area contributed by atoms with Gasteiger partial charge in [0.2, 0.25) is 0 Å². The minimum absolute atomic E-state index is 0.363. The Balaban J connectivity index is 1.67. The Bertz CT molecular complexity index is 395. The summed E-state index contributed by atoms with van der Waals surface area (Å²) >= 11 is 5.97. The Hall–Kier alpha value is -0.730. The summed E-state index contributed by atoms with van der Waals surface area (Å²) in [7, 11) is 2.25. The number of benzene rings is 1. The molecule has 3 atom stereocenters. The highest BCUT2D eigenvalue weighted by Crippen LogP contribution is 2.36. The van der Waals surface area contributed by atoms with Gasteiger partial charge in [0.15, 0.2) is 0 Å². The van der Waals surface area contributed by atoms with Crippen molar-refractivity contribution in [3.63, 3.8) is 0 Å². The summed E-state index contributed by atoms with van der Waals surface area (Å²) in [5, 5.41) is 0.749. The molecule has 0 spiro atoms. The minimum Gasteiger partial charge on any atom is -0.490 e. The first-order valence-corrected chi connectivity index (χ1v) is 6.74. The van der Waals surface area contributed by atoms with Crippen LogP contribution < -0.4 is 4.74 Å². The Morgan fingerprint density at radius 1 is 1.24 bits per heavy atom. The molecule has 2 nitrogen and oxygen atoms in total. The Morgan fingerprint density at radius 3 is 2.59 bits per heavy atom. The number of hydrogen-bond donors (Lipinski definition) is 0. The van der Waals surface area contributed by atoms with Gasteiger partial charge in [-0.3, -0.25) is 0 Å². The number of ether oxygens (including phenoxy) is 1. The summed E-state index contributed by atoms with van der Waals surface area (Å²) in [6, 6.07) is 9.16. The maximum absolute atomic E-state index is 6.05. The predicted molar refractivity (Wildman–Crippen MR) is 69.7 cm³/mol. The van der Waals surface area contributed by atoms with E-state index in [2.05, 4.69) is 11.9 Å². The molecule has 2 saturated heterocycles. The fourth-order valence-corrected chi connectivity index (χ4v) is 3.37. The molecule has 17 heavy (non-hydrogen) atoms. The molecule has 2 bridgehead atoms. The van der Waals surface area contributed by atoms with E-state index >= 15 is 0 Å². The third kappa shape index (κ3) is 2.29. The van der Waals surface area contributed by atoms with Crippen molar-refractivity contribution in [2.45, 2.75) is 43.9 Å².